The lowest BCUT2D eigenvalue weighted by molar-refractivity contribution is -0.122. The summed E-state index contributed by atoms with van der Waals surface area (Å²) in [5.41, 5.74) is 8.27. The molecule has 0 aliphatic carbocycles. The summed E-state index contributed by atoms with van der Waals surface area (Å²) in [6.07, 6.45) is 3.60. The lowest BCUT2D eigenvalue weighted by atomic mass is 10.1. The first-order chi connectivity index (χ1) is 12.8. The maximum atomic E-state index is 12.0. The summed E-state index contributed by atoms with van der Waals surface area (Å²) >= 11 is 0. The van der Waals surface area contributed by atoms with Crippen LogP contribution < -0.4 is 16.4 Å². The maximum Gasteiger partial charge on any atom is 0.261 e. The van der Waals surface area contributed by atoms with Gasteiger partial charge in [0.05, 0.1) is 6.04 Å². The first-order valence-corrected chi connectivity index (χ1v) is 9.32. The predicted octanol–water partition coefficient (Wildman–Crippen LogP) is 2.33. The van der Waals surface area contributed by atoms with Crippen LogP contribution in [-0.4, -0.2) is 24.4 Å². The summed E-state index contributed by atoms with van der Waals surface area (Å²) in [6, 6.07) is 9.31. The zero-order valence-electron chi connectivity index (χ0n) is 16.4. The normalized spacial score (nSPS) is 12.4. The molecule has 6 heteroatoms. The van der Waals surface area contributed by atoms with Crippen molar-refractivity contribution in [3.05, 3.63) is 47.0 Å². The predicted molar refractivity (Wildman–Crippen MR) is 106 cm³/mol. The Morgan fingerprint density at radius 1 is 1.19 bits per heavy atom. The smallest absolute Gasteiger partial charge is 0.261 e. The summed E-state index contributed by atoms with van der Waals surface area (Å²) in [6.45, 7) is 6.75. The van der Waals surface area contributed by atoms with Crippen LogP contribution in [0.2, 0.25) is 0 Å². The van der Waals surface area contributed by atoms with Crippen molar-refractivity contribution >= 4 is 11.8 Å². The fourth-order valence-electron chi connectivity index (χ4n) is 2.44. The van der Waals surface area contributed by atoms with E-state index in [9.17, 15) is 9.59 Å². The highest BCUT2D eigenvalue weighted by Crippen LogP contribution is 2.04. The molecule has 4 N–H and O–H groups in total. The largest absolute Gasteiger partial charge is 0.351 e. The van der Waals surface area contributed by atoms with Crippen molar-refractivity contribution in [2.75, 3.05) is 6.54 Å². The number of nitrogens with zero attached hydrogens (tertiary/aromatic N) is 1. The van der Waals surface area contributed by atoms with Gasteiger partial charge in [-0.3, -0.25) is 9.59 Å². The minimum atomic E-state index is -0.568. The van der Waals surface area contributed by atoms with Gasteiger partial charge >= 0.3 is 0 Å². The van der Waals surface area contributed by atoms with Gasteiger partial charge in [-0.2, -0.15) is 5.26 Å². The molecule has 1 aromatic rings. The minimum Gasteiger partial charge on any atom is -0.351 e. The molecule has 0 saturated heterocycles. The van der Waals surface area contributed by atoms with E-state index in [1.54, 1.807) is 6.08 Å². The highest BCUT2D eigenvalue weighted by molar-refractivity contribution is 5.97. The molecule has 0 aliphatic heterocycles. The number of nitrogens with two attached hydrogens (primary N) is 1. The number of unbranched alkanes of at least 4 members (excludes halogenated alkanes) is 1. The molecule has 0 bridgehead atoms. The van der Waals surface area contributed by atoms with Gasteiger partial charge in [0.2, 0.25) is 5.91 Å². The average Bonchev–Trinajstić information content (AvgIpc) is 2.64. The quantitative estimate of drug-likeness (QED) is 0.334. The van der Waals surface area contributed by atoms with Gasteiger partial charge in [0.1, 0.15) is 11.6 Å². The van der Waals surface area contributed by atoms with Crippen LogP contribution in [0.4, 0.5) is 0 Å². The molecule has 146 valence electrons. The van der Waals surface area contributed by atoms with Crippen LogP contribution in [0.5, 0.6) is 0 Å². The first kappa shape index (κ1) is 22.4. The van der Waals surface area contributed by atoms with Crippen molar-refractivity contribution in [1.82, 2.24) is 10.6 Å². The molecule has 0 unspecified atom stereocenters. The van der Waals surface area contributed by atoms with E-state index in [0.29, 0.717) is 25.9 Å². The molecular weight excluding hydrogens is 340 g/mol. The van der Waals surface area contributed by atoms with Crippen LogP contribution in [0.15, 0.2) is 35.9 Å². The second-order valence-electron chi connectivity index (χ2n) is 7.00. The summed E-state index contributed by atoms with van der Waals surface area (Å²) in [4.78, 5) is 23.9. The van der Waals surface area contributed by atoms with E-state index in [2.05, 4.69) is 10.6 Å². The Morgan fingerprint density at radius 2 is 1.85 bits per heavy atom. The van der Waals surface area contributed by atoms with E-state index in [4.69, 9.17) is 11.0 Å². The van der Waals surface area contributed by atoms with Gasteiger partial charge in [-0.25, -0.2) is 0 Å². The van der Waals surface area contributed by atoms with Crippen molar-refractivity contribution < 1.29 is 9.59 Å². The monoisotopic (exact) mass is 370 g/mol. The van der Waals surface area contributed by atoms with Crippen molar-refractivity contribution in [3.8, 4) is 6.07 Å². The molecule has 1 aromatic carbocycles. The van der Waals surface area contributed by atoms with Crippen molar-refractivity contribution in [2.45, 2.75) is 52.6 Å². The molecule has 0 aliphatic rings. The lowest BCUT2D eigenvalue weighted by Gasteiger charge is -2.12. The van der Waals surface area contributed by atoms with E-state index in [1.165, 1.54) is 5.56 Å². The van der Waals surface area contributed by atoms with Crippen LogP contribution in [0.25, 0.3) is 0 Å². The number of benzene rings is 1. The molecule has 0 radical (unpaired) electrons. The van der Waals surface area contributed by atoms with E-state index in [-0.39, 0.29) is 23.3 Å². The number of hydrogen-bond acceptors (Lipinski definition) is 4. The number of hydrogen-bond donors (Lipinski definition) is 3. The Balaban J connectivity index is 2.23. The summed E-state index contributed by atoms with van der Waals surface area (Å²) in [5.74, 6) is -0.389. The van der Waals surface area contributed by atoms with E-state index in [0.717, 1.165) is 12.0 Å². The summed E-state index contributed by atoms with van der Waals surface area (Å²) in [5, 5.41) is 14.6. The third kappa shape index (κ3) is 9.02. The van der Waals surface area contributed by atoms with Crippen LogP contribution in [-0.2, 0) is 16.1 Å². The number of allylic oxidation sites excluding steroid dienone is 1. The number of aryl methyl sites for hydroxylation is 1. The van der Waals surface area contributed by atoms with Gasteiger partial charge in [-0.15, -0.1) is 0 Å². The Hall–Kier alpha value is -2.65. The number of amides is 2. The van der Waals surface area contributed by atoms with Gasteiger partial charge in [0, 0.05) is 13.1 Å². The first-order valence-electron chi connectivity index (χ1n) is 9.32. The number of rotatable bonds is 10. The van der Waals surface area contributed by atoms with Crippen molar-refractivity contribution in [1.29, 1.82) is 5.26 Å². The molecule has 6 nitrogen and oxygen atoms in total. The fraction of sp³-hybridized carbons (Fsp3) is 0.476. The molecule has 1 rings (SSSR count). The number of nitriles is 1. The van der Waals surface area contributed by atoms with E-state index < -0.39 is 6.04 Å². The standard InChI is InChI=1S/C21H30N4O2/c1-15(2)12-18(13-22)20(26)24-11-5-4-6-19(23)21(27)25-14-17-9-7-16(3)8-10-17/h7-10,12,15,19H,4-6,11,14,23H2,1-3H3,(H,24,26)(H,25,27)/t19-/m0/s1. The SMILES string of the molecule is Cc1ccc(CNC(=O)[C@@H](N)CCCCNC(=O)C(C#N)=CC(C)C)cc1. The third-order valence-corrected chi connectivity index (χ3v) is 4.02. The van der Waals surface area contributed by atoms with Gasteiger partial charge in [0.15, 0.2) is 0 Å². The lowest BCUT2D eigenvalue weighted by Crippen LogP contribution is -2.40. The molecule has 27 heavy (non-hydrogen) atoms. The minimum absolute atomic E-state index is 0.136. The van der Waals surface area contributed by atoms with E-state index in [1.807, 2.05) is 51.1 Å². The fourth-order valence-corrected chi connectivity index (χ4v) is 2.44. The molecular formula is C21H30N4O2. The second kappa shape index (κ2) is 11.9. The van der Waals surface area contributed by atoms with Crippen molar-refractivity contribution in [2.24, 2.45) is 11.7 Å². The molecule has 1 atom stereocenters. The highest BCUT2D eigenvalue weighted by Gasteiger charge is 2.13. The summed E-state index contributed by atoms with van der Waals surface area (Å²) in [7, 11) is 0. The maximum absolute atomic E-state index is 12.0. The average molecular weight is 370 g/mol. The molecule has 0 saturated carbocycles. The third-order valence-electron chi connectivity index (χ3n) is 4.02. The van der Waals surface area contributed by atoms with Crippen molar-refractivity contribution in [3.63, 3.8) is 0 Å². The molecule has 2 amide bonds. The van der Waals surface area contributed by atoms with Gasteiger partial charge in [0.25, 0.3) is 5.91 Å². The van der Waals surface area contributed by atoms with Gasteiger partial charge in [-0.05, 0) is 37.7 Å². The number of nitrogens with one attached hydrogen (secondary N) is 2. The topological polar surface area (TPSA) is 108 Å². The second-order valence-corrected chi connectivity index (χ2v) is 7.00. The zero-order chi connectivity index (χ0) is 20.2. The highest BCUT2D eigenvalue weighted by atomic mass is 16.2. The van der Waals surface area contributed by atoms with Crippen LogP contribution in [0.3, 0.4) is 0 Å². The molecule has 0 aromatic heterocycles. The Kier molecular flexibility index (Phi) is 9.84. The van der Waals surface area contributed by atoms with Crippen LogP contribution >= 0.6 is 0 Å². The molecule has 0 heterocycles. The van der Waals surface area contributed by atoms with Gasteiger partial charge in [-0.1, -0.05) is 49.8 Å². The summed E-state index contributed by atoms with van der Waals surface area (Å²) < 4.78 is 0. The van der Waals surface area contributed by atoms with E-state index >= 15 is 0 Å². The van der Waals surface area contributed by atoms with Crippen LogP contribution in [0.1, 0.15) is 44.2 Å². The zero-order valence-corrected chi connectivity index (χ0v) is 16.4. The number of carbonyl (C=O) groups is 2. The van der Waals surface area contributed by atoms with Crippen LogP contribution in [0, 0.1) is 24.2 Å². The van der Waals surface area contributed by atoms with Gasteiger partial charge < -0.3 is 16.4 Å². The molecule has 0 fully saturated rings. The number of carbonyl (C=O) groups excluding carboxylic acids is 2. The molecule has 0 spiro atoms. The Labute approximate surface area is 161 Å². The Bertz CT molecular complexity index is 687. The Morgan fingerprint density at radius 3 is 2.44 bits per heavy atom.